The van der Waals surface area contributed by atoms with Gasteiger partial charge in [0.05, 0.1) is 0 Å². The number of nitrogens with zero attached hydrogens (tertiary/aromatic N) is 1. The van der Waals surface area contributed by atoms with Gasteiger partial charge in [-0.2, -0.15) is 0 Å². The van der Waals surface area contributed by atoms with Gasteiger partial charge in [0.15, 0.2) is 0 Å². The molecular formula is C57H97NO4. The maximum atomic E-state index is 12.1. The van der Waals surface area contributed by atoms with Gasteiger partial charge < -0.3 is 9.47 Å². The molecular weight excluding hydrogens is 763 g/mol. The van der Waals surface area contributed by atoms with Crippen LogP contribution >= 0.6 is 0 Å². The van der Waals surface area contributed by atoms with Crippen molar-refractivity contribution in [3.63, 3.8) is 0 Å². The van der Waals surface area contributed by atoms with E-state index < -0.39 is 0 Å². The fourth-order valence-corrected chi connectivity index (χ4v) is 7.47. The molecule has 0 aliphatic heterocycles. The molecule has 0 aromatic heterocycles. The number of unbranched alkanes of at least 4 members (excludes halogenated alkanes) is 28. The van der Waals surface area contributed by atoms with E-state index in [-0.39, 0.29) is 11.9 Å². The lowest BCUT2D eigenvalue weighted by atomic mass is 10.0. The Kier molecular flexibility index (Phi) is 46.9. The lowest BCUT2D eigenvalue weighted by molar-refractivity contribution is -0.144. The summed E-state index contributed by atoms with van der Waals surface area (Å²) in [4.78, 5) is 26.3. The lowest BCUT2D eigenvalue weighted by Crippen LogP contribution is -2.28. The smallest absolute Gasteiger partial charge is 0.305 e. The Morgan fingerprint density at radius 2 is 0.726 bits per heavy atom. The number of rotatable bonds is 42. The highest BCUT2D eigenvalue weighted by molar-refractivity contribution is 5.69. The second kappa shape index (κ2) is 49.2. The van der Waals surface area contributed by atoms with E-state index in [1.807, 2.05) is 11.9 Å². The first kappa shape index (κ1) is 59.1. The van der Waals surface area contributed by atoms with Crippen molar-refractivity contribution in [3.05, 3.63) is 0 Å². The topological polar surface area (TPSA) is 55.8 Å². The van der Waals surface area contributed by atoms with Gasteiger partial charge in [-0.05, 0) is 69.3 Å². The largest absolute Gasteiger partial charge is 0.464 e. The fraction of sp³-hybridized carbons (Fsp3) is 0.825. The third-order valence-electron chi connectivity index (χ3n) is 11.8. The summed E-state index contributed by atoms with van der Waals surface area (Å²) in [5.74, 6) is 26.0. The SMILES string of the molecule is CCCCCCCCCCCC(C)C#CC#CCCCCCCCCC(=O)OCCN(C)CCOC(=O)CCCCCCCCC#CC#CC(C)CCCCCCCCCCC. The van der Waals surface area contributed by atoms with Crippen LogP contribution in [-0.2, 0) is 19.1 Å². The lowest BCUT2D eigenvalue weighted by Gasteiger charge is -2.16. The molecule has 0 rings (SSSR count). The number of carbonyl (C=O) groups excluding carboxylic acids is 2. The molecule has 0 aliphatic rings. The van der Waals surface area contributed by atoms with Crippen molar-refractivity contribution in [2.75, 3.05) is 33.4 Å². The van der Waals surface area contributed by atoms with E-state index in [2.05, 4.69) is 75.1 Å². The van der Waals surface area contributed by atoms with Crippen molar-refractivity contribution >= 4 is 11.9 Å². The van der Waals surface area contributed by atoms with Gasteiger partial charge in [0.1, 0.15) is 13.2 Å². The summed E-state index contributed by atoms with van der Waals surface area (Å²) in [6, 6.07) is 0. The monoisotopic (exact) mass is 860 g/mol. The molecule has 0 radical (unpaired) electrons. The minimum absolute atomic E-state index is 0.123. The molecule has 0 fully saturated rings. The van der Waals surface area contributed by atoms with Crippen molar-refractivity contribution < 1.29 is 19.1 Å². The first-order valence-electron chi connectivity index (χ1n) is 26.4. The van der Waals surface area contributed by atoms with Gasteiger partial charge in [-0.15, -0.1) is 0 Å². The number of hydrogen-bond acceptors (Lipinski definition) is 5. The van der Waals surface area contributed by atoms with E-state index in [1.165, 1.54) is 154 Å². The van der Waals surface area contributed by atoms with Crippen LogP contribution in [0, 0.1) is 59.2 Å². The van der Waals surface area contributed by atoms with E-state index >= 15 is 0 Å². The van der Waals surface area contributed by atoms with E-state index in [0.717, 1.165) is 64.2 Å². The Hall–Kier alpha value is -2.86. The van der Waals surface area contributed by atoms with Crippen LogP contribution in [0.5, 0.6) is 0 Å². The standard InChI is InChI=1S/C57H97NO4/c1-6-8-10-12-14-20-26-32-38-44-54(3)46-40-34-28-22-16-18-24-30-36-42-48-56(59)61-52-50-58(5)51-53-62-57(60)49-43-37-31-25-19-17-23-29-35-41-47-55(4)45-39-33-27-21-15-13-11-9-7-2/h54-55H,6-27,30-33,36-39,42-45,48-53H2,1-5H3. The van der Waals surface area contributed by atoms with Crippen LogP contribution in [0.4, 0.5) is 0 Å². The van der Waals surface area contributed by atoms with E-state index in [0.29, 0.717) is 51.0 Å². The Labute approximate surface area is 385 Å². The van der Waals surface area contributed by atoms with Gasteiger partial charge in [-0.25, -0.2) is 0 Å². The minimum Gasteiger partial charge on any atom is -0.464 e. The molecule has 0 bridgehead atoms. The molecule has 354 valence electrons. The van der Waals surface area contributed by atoms with E-state index in [1.54, 1.807) is 0 Å². The molecule has 2 atom stereocenters. The van der Waals surface area contributed by atoms with Crippen molar-refractivity contribution in [2.45, 2.75) is 259 Å². The molecule has 5 nitrogen and oxygen atoms in total. The first-order chi connectivity index (χ1) is 30.4. The van der Waals surface area contributed by atoms with Gasteiger partial charge >= 0.3 is 11.9 Å². The number of ether oxygens (including phenoxy) is 2. The summed E-state index contributed by atoms with van der Waals surface area (Å²) in [6.07, 6.45) is 42.9. The van der Waals surface area contributed by atoms with Crippen molar-refractivity contribution in [2.24, 2.45) is 11.8 Å². The third kappa shape index (κ3) is 48.2. The number of carbonyl (C=O) groups is 2. The third-order valence-corrected chi connectivity index (χ3v) is 11.8. The number of hydrogen-bond donors (Lipinski definition) is 0. The molecule has 0 heterocycles. The van der Waals surface area contributed by atoms with Crippen LogP contribution in [0.1, 0.15) is 259 Å². The molecule has 0 aliphatic carbocycles. The van der Waals surface area contributed by atoms with Gasteiger partial charge in [-0.3, -0.25) is 14.5 Å². The predicted molar refractivity (Wildman–Crippen MR) is 266 cm³/mol. The van der Waals surface area contributed by atoms with Crippen molar-refractivity contribution in [1.82, 2.24) is 4.90 Å². The molecule has 0 saturated heterocycles. The molecule has 0 amide bonds. The zero-order chi connectivity index (χ0) is 45.2. The number of likely N-dealkylation sites (N-methyl/N-ethyl adjacent to an activating group) is 1. The molecule has 0 aromatic rings. The summed E-state index contributed by atoms with van der Waals surface area (Å²) in [5, 5.41) is 0. The summed E-state index contributed by atoms with van der Waals surface area (Å²) in [5.41, 5.74) is 0. The fourth-order valence-electron chi connectivity index (χ4n) is 7.47. The molecule has 5 heteroatoms. The Morgan fingerprint density at radius 1 is 0.419 bits per heavy atom. The average molecular weight is 860 g/mol. The van der Waals surface area contributed by atoms with Gasteiger partial charge in [0.2, 0.25) is 0 Å². The highest BCUT2D eigenvalue weighted by Gasteiger charge is 2.07. The molecule has 0 spiro atoms. The molecule has 62 heavy (non-hydrogen) atoms. The highest BCUT2D eigenvalue weighted by atomic mass is 16.5. The quantitative estimate of drug-likeness (QED) is 0.0348. The zero-order valence-corrected chi connectivity index (χ0v) is 41.5. The maximum Gasteiger partial charge on any atom is 0.305 e. The second-order valence-corrected chi connectivity index (χ2v) is 18.2. The summed E-state index contributed by atoms with van der Waals surface area (Å²) in [7, 11) is 1.96. The van der Waals surface area contributed by atoms with Gasteiger partial charge in [-0.1, -0.05) is 218 Å². The molecule has 0 aromatic carbocycles. The Morgan fingerprint density at radius 3 is 1.08 bits per heavy atom. The van der Waals surface area contributed by atoms with Crippen LogP contribution < -0.4 is 0 Å². The van der Waals surface area contributed by atoms with E-state index in [4.69, 9.17) is 9.47 Å². The Bertz CT molecular complexity index is 1180. The molecule has 0 saturated carbocycles. The van der Waals surface area contributed by atoms with Crippen LogP contribution in [0.15, 0.2) is 0 Å². The van der Waals surface area contributed by atoms with Crippen molar-refractivity contribution in [3.8, 4) is 47.4 Å². The van der Waals surface area contributed by atoms with Crippen molar-refractivity contribution in [1.29, 1.82) is 0 Å². The minimum atomic E-state index is -0.123. The van der Waals surface area contributed by atoms with E-state index in [9.17, 15) is 9.59 Å². The van der Waals surface area contributed by atoms with Crippen LogP contribution in [0.3, 0.4) is 0 Å². The van der Waals surface area contributed by atoms with Crippen LogP contribution in [0.25, 0.3) is 0 Å². The number of esters is 2. The normalized spacial score (nSPS) is 11.6. The average Bonchev–Trinajstić information content (AvgIpc) is 3.26. The predicted octanol–water partition coefficient (Wildman–Crippen LogP) is 15.4. The van der Waals surface area contributed by atoms with Crippen LogP contribution in [-0.4, -0.2) is 50.2 Å². The van der Waals surface area contributed by atoms with Gasteiger partial charge in [0, 0.05) is 50.6 Å². The summed E-state index contributed by atoms with van der Waals surface area (Å²) in [6.45, 7) is 11.0. The van der Waals surface area contributed by atoms with Crippen LogP contribution in [0.2, 0.25) is 0 Å². The first-order valence-corrected chi connectivity index (χ1v) is 26.4. The maximum absolute atomic E-state index is 12.1. The highest BCUT2D eigenvalue weighted by Crippen LogP contribution is 2.15. The summed E-state index contributed by atoms with van der Waals surface area (Å²) >= 11 is 0. The zero-order valence-electron chi connectivity index (χ0n) is 41.5. The second-order valence-electron chi connectivity index (χ2n) is 18.2. The molecule has 0 N–H and O–H groups in total. The summed E-state index contributed by atoms with van der Waals surface area (Å²) < 4.78 is 10.9. The molecule has 2 unspecified atom stereocenters. The Balaban J connectivity index is 3.58. The van der Waals surface area contributed by atoms with Gasteiger partial charge in [0.25, 0.3) is 0 Å².